The third-order valence-corrected chi connectivity index (χ3v) is 7.25. The lowest BCUT2D eigenvalue weighted by Gasteiger charge is -2.49. The Morgan fingerprint density at radius 3 is 2.96 bits per heavy atom. The van der Waals surface area contributed by atoms with Gasteiger partial charge in [0.1, 0.15) is 11.5 Å². The van der Waals surface area contributed by atoms with Gasteiger partial charge in [0.15, 0.2) is 0 Å². The first-order chi connectivity index (χ1) is 11.6. The summed E-state index contributed by atoms with van der Waals surface area (Å²) in [6.45, 7) is 6.20. The molecule has 3 aliphatic carbocycles. The summed E-state index contributed by atoms with van der Waals surface area (Å²) < 4.78 is 5.41. The number of hydrogen-bond acceptors (Lipinski definition) is 2. The number of fused-ring (bicyclic) bond motifs is 5. The van der Waals surface area contributed by atoms with Crippen LogP contribution in [0.25, 0.3) is 0 Å². The van der Waals surface area contributed by atoms with E-state index in [4.69, 9.17) is 4.74 Å². The monoisotopic (exact) mass is 324 g/mol. The molecule has 0 saturated heterocycles. The summed E-state index contributed by atoms with van der Waals surface area (Å²) in [4.78, 5) is 12.8. The summed E-state index contributed by atoms with van der Waals surface area (Å²) in [5.74, 6) is 3.80. The molecule has 2 heteroatoms. The van der Waals surface area contributed by atoms with Crippen LogP contribution in [0.5, 0.6) is 5.75 Å². The van der Waals surface area contributed by atoms with Crippen molar-refractivity contribution in [3.63, 3.8) is 0 Å². The highest BCUT2D eigenvalue weighted by Crippen LogP contribution is 2.62. The van der Waals surface area contributed by atoms with E-state index in [1.807, 2.05) is 6.08 Å². The number of ketones is 1. The lowest BCUT2D eigenvalue weighted by molar-refractivity contribution is -0.129. The molecular weight excluding hydrogens is 296 g/mol. The number of carbonyl (C=O) groups excluding carboxylic acids is 1. The zero-order valence-electron chi connectivity index (χ0n) is 14.9. The number of Topliss-reactive ketones (excluding diaryl/α,β-unsaturated/α-hetero) is 1. The standard InChI is InChI=1S/C22H28O2/c1-4-5-15-13-20(23)22(2)11-10-18-17-9-7-16(24-3)12-14(17)6-8-19(18)21(15)22/h4,7,9,12,15,18-19,21H,1,5-6,8,10-11,13H2,2-3H3/t15-,18+,19+,21-,22+/m0/s1. The summed E-state index contributed by atoms with van der Waals surface area (Å²) in [5, 5.41) is 0. The predicted octanol–water partition coefficient (Wildman–Crippen LogP) is 4.92. The molecule has 0 bridgehead atoms. The Morgan fingerprint density at radius 2 is 2.21 bits per heavy atom. The van der Waals surface area contributed by atoms with Crippen LogP contribution >= 0.6 is 0 Å². The lowest BCUT2D eigenvalue weighted by Crippen LogP contribution is -2.44. The molecular formula is C22H28O2. The van der Waals surface area contributed by atoms with Crippen LogP contribution in [0.1, 0.15) is 56.1 Å². The average Bonchev–Trinajstić information content (AvgIpc) is 2.85. The fourth-order valence-electron chi connectivity index (χ4n) is 6.17. The molecule has 128 valence electrons. The molecule has 0 spiro atoms. The van der Waals surface area contributed by atoms with Crippen molar-refractivity contribution in [1.82, 2.24) is 0 Å². The van der Waals surface area contributed by atoms with Crippen LogP contribution in [0.15, 0.2) is 30.9 Å². The molecule has 0 aromatic heterocycles. The Hall–Kier alpha value is -1.57. The number of carbonyl (C=O) groups is 1. The lowest BCUT2D eigenvalue weighted by atomic mass is 9.54. The van der Waals surface area contributed by atoms with Crippen LogP contribution in [0.4, 0.5) is 0 Å². The van der Waals surface area contributed by atoms with E-state index in [1.54, 1.807) is 7.11 Å². The van der Waals surface area contributed by atoms with Crippen LogP contribution in [-0.4, -0.2) is 12.9 Å². The van der Waals surface area contributed by atoms with Gasteiger partial charge < -0.3 is 4.74 Å². The largest absolute Gasteiger partial charge is 0.497 e. The first-order valence-corrected chi connectivity index (χ1v) is 9.39. The second-order valence-corrected chi connectivity index (χ2v) is 8.27. The number of ether oxygens (including phenoxy) is 1. The number of aryl methyl sites for hydroxylation is 1. The molecule has 3 aliphatic rings. The average molecular weight is 324 g/mol. The van der Waals surface area contributed by atoms with Gasteiger partial charge in [0.2, 0.25) is 0 Å². The quantitative estimate of drug-likeness (QED) is 0.738. The number of rotatable bonds is 3. The van der Waals surface area contributed by atoms with Gasteiger partial charge >= 0.3 is 0 Å². The van der Waals surface area contributed by atoms with Gasteiger partial charge in [-0.1, -0.05) is 19.1 Å². The normalized spacial score (nSPS) is 37.3. The maximum atomic E-state index is 12.8. The molecule has 0 aliphatic heterocycles. The van der Waals surface area contributed by atoms with Gasteiger partial charge in [-0.2, -0.15) is 0 Å². The highest BCUT2D eigenvalue weighted by Gasteiger charge is 2.58. The molecule has 0 unspecified atom stereocenters. The maximum Gasteiger partial charge on any atom is 0.139 e. The molecule has 0 heterocycles. The van der Waals surface area contributed by atoms with E-state index < -0.39 is 0 Å². The third-order valence-electron chi connectivity index (χ3n) is 7.25. The molecule has 2 saturated carbocycles. The maximum absolute atomic E-state index is 12.8. The number of benzene rings is 1. The summed E-state index contributed by atoms with van der Waals surface area (Å²) in [6, 6.07) is 6.61. The van der Waals surface area contributed by atoms with Gasteiger partial charge in [-0.05, 0) is 79.0 Å². The third kappa shape index (κ3) is 2.18. The van der Waals surface area contributed by atoms with Crippen molar-refractivity contribution in [2.75, 3.05) is 7.11 Å². The van der Waals surface area contributed by atoms with Gasteiger partial charge in [-0.25, -0.2) is 0 Å². The molecule has 1 aromatic rings. The summed E-state index contributed by atoms with van der Waals surface area (Å²) >= 11 is 0. The van der Waals surface area contributed by atoms with E-state index in [-0.39, 0.29) is 5.41 Å². The van der Waals surface area contributed by atoms with Crippen LogP contribution in [-0.2, 0) is 11.2 Å². The molecule has 0 amide bonds. The Kier molecular flexibility index (Phi) is 3.82. The number of allylic oxidation sites excluding steroid dienone is 1. The summed E-state index contributed by atoms with van der Waals surface area (Å²) in [5.41, 5.74) is 2.90. The van der Waals surface area contributed by atoms with Crippen molar-refractivity contribution < 1.29 is 9.53 Å². The van der Waals surface area contributed by atoms with Gasteiger partial charge in [-0.15, -0.1) is 6.58 Å². The fourth-order valence-corrected chi connectivity index (χ4v) is 6.17. The topological polar surface area (TPSA) is 26.3 Å². The zero-order valence-corrected chi connectivity index (χ0v) is 14.9. The molecule has 2 nitrogen and oxygen atoms in total. The van der Waals surface area contributed by atoms with Gasteiger partial charge in [0, 0.05) is 11.8 Å². The van der Waals surface area contributed by atoms with Gasteiger partial charge in [0.05, 0.1) is 7.11 Å². The molecule has 2 fully saturated rings. The Morgan fingerprint density at radius 1 is 1.38 bits per heavy atom. The minimum Gasteiger partial charge on any atom is -0.497 e. The Labute approximate surface area is 145 Å². The first-order valence-electron chi connectivity index (χ1n) is 9.39. The SMILES string of the molecule is C=CC[C@H]1CC(=O)[C@@]2(C)CC[C@@H]3c4ccc(OC)cc4CC[C@H]3[C@H]12. The second kappa shape index (κ2) is 5.75. The molecule has 0 radical (unpaired) electrons. The zero-order chi connectivity index (χ0) is 16.9. The number of methoxy groups -OCH3 is 1. The Bertz CT molecular complexity index is 677. The minimum absolute atomic E-state index is 0.0845. The molecule has 24 heavy (non-hydrogen) atoms. The van der Waals surface area contributed by atoms with Crippen molar-refractivity contribution in [2.45, 2.75) is 51.4 Å². The van der Waals surface area contributed by atoms with Crippen LogP contribution < -0.4 is 4.74 Å². The first kappa shape index (κ1) is 15.9. The molecule has 5 atom stereocenters. The summed E-state index contributed by atoms with van der Waals surface area (Å²) in [6.07, 6.45) is 8.33. The second-order valence-electron chi connectivity index (χ2n) is 8.27. The minimum atomic E-state index is -0.0845. The van der Waals surface area contributed by atoms with Crippen molar-refractivity contribution in [2.24, 2.45) is 23.2 Å². The molecule has 0 N–H and O–H groups in total. The predicted molar refractivity (Wildman–Crippen MR) is 96.3 cm³/mol. The molecule has 4 rings (SSSR count). The Balaban J connectivity index is 1.71. The van der Waals surface area contributed by atoms with E-state index in [9.17, 15) is 4.79 Å². The van der Waals surface area contributed by atoms with Crippen molar-refractivity contribution in [3.05, 3.63) is 42.0 Å². The van der Waals surface area contributed by atoms with E-state index in [2.05, 4.69) is 31.7 Å². The van der Waals surface area contributed by atoms with E-state index in [0.717, 1.165) is 37.9 Å². The van der Waals surface area contributed by atoms with Gasteiger partial charge in [0.25, 0.3) is 0 Å². The van der Waals surface area contributed by atoms with Crippen molar-refractivity contribution in [1.29, 1.82) is 0 Å². The van der Waals surface area contributed by atoms with E-state index >= 15 is 0 Å². The van der Waals surface area contributed by atoms with E-state index in [1.165, 1.54) is 17.5 Å². The smallest absolute Gasteiger partial charge is 0.139 e. The van der Waals surface area contributed by atoms with E-state index in [0.29, 0.717) is 29.5 Å². The van der Waals surface area contributed by atoms with Crippen molar-refractivity contribution >= 4 is 5.78 Å². The van der Waals surface area contributed by atoms with Crippen LogP contribution in [0.3, 0.4) is 0 Å². The highest BCUT2D eigenvalue weighted by molar-refractivity contribution is 5.87. The van der Waals surface area contributed by atoms with Crippen molar-refractivity contribution in [3.8, 4) is 5.75 Å². The van der Waals surface area contributed by atoms with Crippen LogP contribution in [0, 0.1) is 23.2 Å². The summed E-state index contributed by atoms with van der Waals surface area (Å²) in [7, 11) is 1.74. The van der Waals surface area contributed by atoms with Crippen LogP contribution in [0.2, 0.25) is 0 Å². The fraction of sp³-hybridized carbons (Fsp3) is 0.591. The molecule has 1 aromatic carbocycles. The highest BCUT2D eigenvalue weighted by atomic mass is 16.5. The number of hydrogen-bond donors (Lipinski definition) is 0. The van der Waals surface area contributed by atoms with Gasteiger partial charge in [-0.3, -0.25) is 4.79 Å².